The lowest BCUT2D eigenvalue weighted by molar-refractivity contribution is -0.134. The molecule has 3 rings (SSSR count). The maximum absolute atomic E-state index is 13.0. The van der Waals surface area contributed by atoms with Crippen molar-refractivity contribution < 1.29 is 4.79 Å². The molecule has 130 valence electrons. The normalized spacial score (nSPS) is 15.8. The molecule has 1 heterocycles. The summed E-state index contributed by atoms with van der Waals surface area (Å²) in [6, 6.07) is 8.58. The Labute approximate surface area is 144 Å². The van der Waals surface area contributed by atoms with Crippen LogP contribution >= 0.6 is 0 Å². The van der Waals surface area contributed by atoms with Crippen LogP contribution in [0.25, 0.3) is 11.0 Å². The fourth-order valence-electron chi connectivity index (χ4n) is 3.97. The van der Waals surface area contributed by atoms with Crippen molar-refractivity contribution in [2.24, 2.45) is 0 Å². The molecule has 1 saturated carbocycles. The average Bonchev–Trinajstić information content (AvgIpc) is 2.94. The van der Waals surface area contributed by atoms with E-state index in [1.807, 2.05) is 18.2 Å². The van der Waals surface area contributed by atoms with Crippen LogP contribution in [0.4, 0.5) is 0 Å². The van der Waals surface area contributed by atoms with Crippen LogP contribution in [0.5, 0.6) is 0 Å². The van der Waals surface area contributed by atoms with E-state index >= 15 is 0 Å². The third-order valence-electron chi connectivity index (χ3n) is 5.18. The minimum Gasteiger partial charge on any atom is -0.338 e. The number of fused-ring (bicyclic) bond motifs is 1. The fraction of sp³-hybridized carbons (Fsp3) is 0.600. The van der Waals surface area contributed by atoms with Crippen molar-refractivity contribution in [3.63, 3.8) is 0 Å². The van der Waals surface area contributed by atoms with Crippen LogP contribution in [0.3, 0.4) is 0 Å². The van der Waals surface area contributed by atoms with Crippen LogP contribution in [-0.4, -0.2) is 32.9 Å². The minimum atomic E-state index is 0.241. The molecule has 4 heteroatoms. The molecule has 0 atom stereocenters. The van der Waals surface area contributed by atoms with E-state index in [2.05, 4.69) is 29.4 Å². The molecule has 0 bridgehead atoms. The van der Waals surface area contributed by atoms with Gasteiger partial charge in [-0.3, -0.25) is 4.79 Å². The molecule has 24 heavy (non-hydrogen) atoms. The SMILES string of the molecule is CCCc1nc2ccccc2n1CC(=O)N(CC)C1CCCCC1. The van der Waals surface area contributed by atoms with Gasteiger partial charge in [0.1, 0.15) is 12.4 Å². The zero-order chi connectivity index (χ0) is 16.9. The number of likely N-dealkylation sites (N-methyl/N-ethyl adjacent to an activating group) is 1. The van der Waals surface area contributed by atoms with Crippen molar-refractivity contribution in [3.8, 4) is 0 Å². The zero-order valence-electron chi connectivity index (χ0n) is 15.0. The summed E-state index contributed by atoms with van der Waals surface area (Å²) in [5.74, 6) is 1.27. The third-order valence-corrected chi connectivity index (χ3v) is 5.18. The van der Waals surface area contributed by atoms with Gasteiger partial charge in [0, 0.05) is 19.0 Å². The molecule has 2 aromatic rings. The van der Waals surface area contributed by atoms with Gasteiger partial charge < -0.3 is 9.47 Å². The maximum Gasteiger partial charge on any atom is 0.242 e. The van der Waals surface area contributed by atoms with Crippen LogP contribution < -0.4 is 0 Å². The molecule has 0 spiro atoms. The van der Waals surface area contributed by atoms with Crippen LogP contribution in [-0.2, 0) is 17.8 Å². The smallest absolute Gasteiger partial charge is 0.242 e. The van der Waals surface area contributed by atoms with E-state index in [9.17, 15) is 4.79 Å². The summed E-state index contributed by atoms with van der Waals surface area (Å²) < 4.78 is 2.13. The van der Waals surface area contributed by atoms with Crippen LogP contribution in [0, 0.1) is 0 Å². The van der Waals surface area contributed by atoms with Gasteiger partial charge in [0.15, 0.2) is 0 Å². The monoisotopic (exact) mass is 327 g/mol. The van der Waals surface area contributed by atoms with E-state index in [0.717, 1.165) is 49.1 Å². The van der Waals surface area contributed by atoms with Crippen molar-refractivity contribution in [1.29, 1.82) is 0 Å². The van der Waals surface area contributed by atoms with Crippen molar-refractivity contribution in [2.45, 2.75) is 71.4 Å². The number of carbonyl (C=O) groups excluding carboxylic acids is 1. The number of para-hydroxylation sites is 2. The number of benzene rings is 1. The highest BCUT2D eigenvalue weighted by Crippen LogP contribution is 2.24. The van der Waals surface area contributed by atoms with Gasteiger partial charge in [0.05, 0.1) is 11.0 Å². The van der Waals surface area contributed by atoms with E-state index in [4.69, 9.17) is 4.98 Å². The zero-order valence-corrected chi connectivity index (χ0v) is 15.0. The Hall–Kier alpha value is -1.84. The highest BCUT2D eigenvalue weighted by molar-refractivity contribution is 5.81. The first-order valence-corrected chi connectivity index (χ1v) is 9.48. The molecule has 0 N–H and O–H groups in total. The molecule has 0 aliphatic heterocycles. The number of imidazole rings is 1. The largest absolute Gasteiger partial charge is 0.338 e. The molecule has 1 fully saturated rings. The second-order valence-corrected chi connectivity index (χ2v) is 6.82. The molecule has 0 radical (unpaired) electrons. The lowest BCUT2D eigenvalue weighted by atomic mass is 9.94. The van der Waals surface area contributed by atoms with E-state index in [1.165, 1.54) is 19.3 Å². The van der Waals surface area contributed by atoms with E-state index < -0.39 is 0 Å². The average molecular weight is 327 g/mol. The lowest BCUT2D eigenvalue weighted by Crippen LogP contribution is -2.43. The molecule has 1 aromatic carbocycles. The first-order chi connectivity index (χ1) is 11.7. The Morgan fingerprint density at radius 2 is 1.96 bits per heavy atom. The number of rotatable bonds is 6. The van der Waals surface area contributed by atoms with E-state index in [0.29, 0.717) is 12.6 Å². The predicted octanol–water partition coefficient (Wildman–Crippen LogP) is 4.17. The summed E-state index contributed by atoms with van der Waals surface area (Å²) in [6.45, 7) is 5.48. The fourth-order valence-corrected chi connectivity index (χ4v) is 3.97. The lowest BCUT2D eigenvalue weighted by Gasteiger charge is -2.34. The quantitative estimate of drug-likeness (QED) is 0.798. The van der Waals surface area contributed by atoms with E-state index in [1.54, 1.807) is 0 Å². The molecule has 1 aliphatic carbocycles. The number of hydrogen-bond donors (Lipinski definition) is 0. The summed E-state index contributed by atoms with van der Waals surface area (Å²) in [5.41, 5.74) is 2.07. The molecular formula is C20H29N3O. The van der Waals surface area contributed by atoms with Gasteiger partial charge in [0.25, 0.3) is 0 Å². The van der Waals surface area contributed by atoms with Crippen molar-refractivity contribution >= 4 is 16.9 Å². The number of hydrogen-bond acceptors (Lipinski definition) is 2. The van der Waals surface area contributed by atoms with Gasteiger partial charge in [0.2, 0.25) is 5.91 Å². The Morgan fingerprint density at radius 3 is 2.67 bits per heavy atom. The second-order valence-electron chi connectivity index (χ2n) is 6.82. The molecule has 1 amide bonds. The van der Waals surface area contributed by atoms with Gasteiger partial charge in [-0.25, -0.2) is 4.98 Å². The third kappa shape index (κ3) is 3.47. The van der Waals surface area contributed by atoms with Crippen LogP contribution in [0.15, 0.2) is 24.3 Å². The maximum atomic E-state index is 13.0. The number of amides is 1. The summed E-state index contributed by atoms with van der Waals surface area (Å²) in [7, 11) is 0. The molecular weight excluding hydrogens is 298 g/mol. The molecule has 4 nitrogen and oxygen atoms in total. The first kappa shape index (κ1) is 17.0. The highest BCUT2D eigenvalue weighted by Gasteiger charge is 2.25. The number of nitrogens with zero attached hydrogens (tertiary/aromatic N) is 3. The molecule has 0 saturated heterocycles. The van der Waals surface area contributed by atoms with Gasteiger partial charge in [-0.05, 0) is 38.3 Å². The van der Waals surface area contributed by atoms with Gasteiger partial charge in [-0.1, -0.05) is 38.3 Å². The standard InChI is InChI=1S/C20H29N3O/c1-3-10-19-21-17-13-8-9-14-18(17)23(19)15-20(24)22(4-2)16-11-6-5-7-12-16/h8-9,13-14,16H,3-7,10-12,15H2,1-2H3. The Morgan fingerprint density at radius 1 is 1.21 bits per heavy atom. The van der Waals surface area contributed by atoms with Crippen molar-refractivity contribution in [1.82, 2.24) is 14.5 Å². The van der Waals surface area contributed by atoms with Crippen LogP contribution in [0.1, 0.15) is 58.2 Å². The summed E-state index contributed by atoms with van der Waals surface area (Å²) >= 11 is 0. The molecule has 1 aromatic heterocycles. The van der Waals surface area contributed by atoms with E-state index in [-0.39, 0.29) is 5.91 Å². The Kier molecular flexibility index (Phi) is 5.54. The van der Waals surface area contributed by atoms with Gasteiger partial charge in [-0.2, -0.15) is 0 Å². The molecule has 0 unspecified atom stereocenters. The summed E-state index contributed by atoms with van der Waals surface area (Å²) in [6.07, 6.45) is 8.09. The number of carbonyl (C=O) groups is 1. The second kappa shape index (κ2) is 7.82. The van der Waals surface area contributed by atoms with Gasteiger partial charge in [-0.15, -0.1) is 0 Å². The van der Waals surface area contributed by atoms with Crippen LogP contribution in [0.2, 0.25) is 0 Å². The summed E-state index contributed by atoms with van der Waals surface area (Å²) in [5, 5.41) is 0. The Balaban J connectivity index is 1.84. The topological polar surface area (TPSA) is 38.1 Å². The number of aryl methyl sites for hydroxylation is 1. The van der Waals surface area contributed by atoms with Crippen molar-refractivity contribution in [3.05, 3.63) is 30.1 Å². The molecule has 1 aliphatic rings. The highest BCUT2D eigenvalue weighted by atomic mass is 16.2. The van der Waals surface area contributed by atoms with Gasteiger partial charge >= 0.3 is 0 Å². The van der Waals surface area contributed by atoms with Crippen molar-refractivity contribution in [2.75, 3.05) is 6.54 Å². The minimum absolute atomic E-state index is 0.241. The first-order valence-electron chi connectivity index (χ1n) is 9.48. The predicted molar refractivity (Wildman–Crippen MR) is 98.0 cm³/mol. The number of aromatic nitrogens is 2. The summed E-state index contributed by atoms with van der Waals surface area (Å²) in [4.78, 5) is 19.9. The Bertz CT molecular complexity index is 685.